The largest absolute Gasteiger partial charge is 0.462 e. The molecule has 15 heteroatoms. The van der Waals surface area contributed by atoms with Gasteiger partial charge in [-0.05, 0) is 37.6 Å². The molecule has 0 aliphatic heterocycles. The van der Waals surface area contributed by atoms with Crippen molar-refractivity contribution in [3.63, 3.8) is 0 Å². The van der Waals surface area contributed by atoms with Gasteiger partial charge < -0.3 is 15.4 Å². The van der Waals surface area contributed by atoms with Crippen LogP contribution in [0.15, 0.2) is 36.4 Å². The zero-order chi connectivity index (χ0) is 27.4. The van der Waals surface area contributed by atoms with Crippen molar-refractivity contribution in [2.75, 3.05) is 17.2 Å². The summed E-state index contributed by atoms with van der Waals surface area (Å²) in [5, 5.41) is 27.8. The van der Waals surface area contributed by atoms with Crippen LogP contribution in [0.2, 0.25) is 10.0 Å². The van der Waals surface area contributed by atoms with Crippen LogP contribution in [0.3, 0.4) is 0 Å². The number of nitrogens with zero attached hydrogens (tertiary/aromatic N) is 2. The van der Waals surface area contributed by atoms with E-state index in [2.05, 4.69) is 10.6 Å². The average Bonchev–Trinajstić information content (AvgIpc) is 3.16. The van der Waals surface area contributed by atoms with Crippen LogP contribution >= 0.6 is 34.5 Å². The lowest BCUT2D eigenvalue weighted by molar-refractivity contribution is -0.394. The second kappa shape index (κ2) is 11.3. The normalized spacial score (nSPS) is 10.5. The summed E-state index contributed by atoms with van der Waals surface area (Å²) in [6, 6.07) is 6.84. The summed E-state index contributed by atoms with van der Waals surface area (Å²) in [5.41, 5.74) is -1.49. The first-order valence-electron chi connectivity index (χ1n) is 10.2. The lowest BCUT2D eigenvalue weighted by atomic mass is 10.1. The van der Waals surface area contributed by atoms with Gasteiger partial charge in [-0.2, -0.15) is 0 Å². The molecule has 0 spiro atoms. The Morgan fingerprint density at radius 3 is 2.16 bits per heavy atom. The summed E-state index contributed by atoms with van der Waals surface area (Å²) in [6.07, 6.45) is 0. The molecular formula is C22H16Cl2N4O8S. The van der Waals surface area contributed by atoms with Gasteiger partial charge in [0.25, 0.3) is 23.2 Å². The van der Waals surface area contributed by atoms with Crippen molar-refractivity contribution in [1.29, 1.82) is 0 Å². The van der Waals surface area contributed by atoms with Gasteiger partial charge in [0.15, 0.2) is 0 Å². The molecule has 3 aromatic rings. The van der Waals surface area contributed by atoms with E-state index in [1.54, 1.807) is 6.92 Å². The molecule has 0 fully saturated rings. The number of anilines is 2. The van der Waals surface area contributed by atoms with Gasteiger partial charge in [-0.1, -0.05) is 23.2 Å². The van der Waals surface area contributed by atoms with Crippen LogP contribution in [-0.4, -0.2) is 34.2 Å². The maximum atomic E-state index is 13.0. The number of amides is 2. The second-order valence-electron chi connectivity index (χ2n) is 7.27. The van der Waals surface area contributed by atoms with Crippen molar-refractivity contribution in [3.05, 3.63) is 88.2 Å². The molecule has 37 heavy (non-hydrogen) atoms. The minimum atomic E-state index is -0.983. The molecule has 1 aromatic heterocycles. The summed E-state index contributed by atoms with van der Waals surface area (Å²) in [6.45, 7) is 3.03. The highest BCUT2D eigenvalue weighted by molar-refractivity contribution is 7.19. The average molecular weight is 567 g/mol. The molecule has 12 nitrogen and oxygen atoms in total. The van der Waals surface area contributed by atoms with E-state index in [4.69, 9.17) is 27.9 Å². The number of carbonyl (C=O) groups is 3. The summed E-state index contributed by atoms with van der Waals surface area (Å²) in [7, 11) is 0. The molecule has 0 radical (unpaired) electrons. The van der Waals surface area contributed by atoms with Crippen molar-refractivity contribution in [1.82, 2.24) is 0 Å². The van der Waals surface area contributed by atoms with Crippen molar-refractivity contribution in [2.45, 2.75) is 13.8 Å². The van der Waals surface area contributed by atoms with Gasteiger partial charge in [-0.25, -0.2) is 4.79 Å². The number of nitrogens with one attached hydrogen (secondary N) is 2. The van der Waals surface area contributed by atoms with Crippen LogP contribution in [0.4, 0.5) is 22.1 Å². The van der Waals surface area contributed by atoms with E-state index in [9.17, 15) is 34.6 Å². The maximum Gasteiger partial charge on any atom is 0.341 e. The Labute approximate surface area is 222 Å². The summed E-state index contributed by atoms with van der Waals surface area (Å²) in [5.74, 6) is -2.48. The van der Waals surface area contributed by atoms with Gasteiger partial charge in [-0.15, -0.1) is 11.3 Å². The van der Waals surface area contributed by atoms with Crippen LogP contribution in [0.1, 0.15) is 42.9 Å². The van der Waals surface area contributed by atoms with Crippen molar-refractivity contribution < 1.29 is 29.0 Å². The third-order valence-corrected chi connectivity index (χ3v) is 6.59. The van der Waals surface area contributed by atoms with Gasteiger partial charge >= 0.3 is 5.97 Å². The first-order chi connectivity index (χ1) is 17.4. The molecule has 192 valence electrons. The molecule has 0 aliphatic rings. The molecule has 1 heterocycles. The predicted molar refractivity (Wildman–Crippen MR) is 137 cm³/mol. The van der Waals surface area contributed by atoms with E-state index in [1.807, 2.05) is 0 Å². The zero-order valence-electron chi connectivity index (χ0n) is 19.0. The lowest BCUT2D eigenvalue weighted by Crippen LogP contribution is -2.15. The van der Waals surface area contributed by atoms with Crippen LogP contribution in [-0.2, 0) is 4.74 Å². The Morgan fingerprint density at radius 2 is 1.59 bits per heavy atom. The number of carbonyl (C=O) groups excluding carboxylic acids is 3. The second-order valence-corrected chi connectivity index (χ2v) is 9.13. The molecule has 0 saturated carbocycles. The lowest BCUT2D eigenvalue weighted by Gasteiger charge is -2.08. The topological polar surface area (TPSA) is 171 Å². The number of halogens is 2. The highest BCUT2D eigenvalue weighted by Gasteiger charge is 2.28. The quantitative estimate of drug-likeness (QED) is 0.194. The van der Waals surface area contributed by atoms with E-state index >= 15 is 0 Å². The number of nitro benzene ring substituents is 2. The predicted octanol–water partition coefficient (Wildman–Crippen LogP) is 5.86. The smallest absolute Gasteiger partial charge is 0.341 e. The maximum absolute atomic E-state index is 13.0. The number of rotatable bonds is 8. The first-order valence-corrected chi connectivity index (χ1v) is 11.8. The molecule has 2 N–H and O–H groups in total. The van der Waals surface area contributed by atoms with Gasteiger partial charge in [0.1, 0.15) is 5.00 Å². The molecule has 2 aromatic carbocycles. The zero-order valence-corrected chi connectivity index (χ0v) is 21.3. The highest BCUT2D eigenvalue weighted by Crippen LogP contribution is 2.36. The Morgan fingerprint density at radius 1 is 0.973 bits per heavy atom. The molecule has 0 unspecified atom stereocenters. The van der Waals surface area contributed by atoms with Gasteiger partial charge in [0.05, 0.1) is 49.2 Å². The van der Waals surface area contributed by atoms with Crippen LogP contribution < -0.4 is 10.6 Å². The summed E-state index contributed by atoms with van der Waals surface area (Å²) >= 11 is 12.8. The Bertz CT molecular complexity index is 1420. The third kappa shape index (κ3) is 6.20. The van der Waals surface area contributed by atoms with E-state index in [0.717, 1.165) is 23.5 Å². The number of ether oxygens (including phenoxy) is 1. The Hall–Kier alpha value is -4.07. The van der Waals surface area contributed by atoms with E-state index in [1.165, 1.54) is 25.1 Å². The van der Waals surface area contributed by atoms with Crippen molar-refractivity contribution in [3.8, 4) is 0 Å². The molecule has 0 atom stereocenters. The molecule has 2 amide bonds. The third-order valence-electron chi connectivity index (χ3n) is 4.82. The number of non-ortho nitro benzene ring substituents is 2. The standard InChI is InChI=1S/C22H16Cl2N4O8S/c1-3-36-22(31)17-10(2)18(20(30)25-16-8-12(23)4-5-15(16)24)37-21(17)26-19(29)11-6-13(27(32)33)9-14(7-11)28(34)35/h4-9H,3H2,1-2H3,(H,25,30)(H,26,29). The Kier molecular flexibility index (Phi) is 8.42. The summed E-state index contributed by atoms with van der Waals surface area (Å²) < 4.78 is 5.05. The number of hydrogen-bond acceptors (Lipinski definition) is 9. The molecule has 0 bridgehead atoms. The van der Waals surface area contributed by atoms with Crippen LogP contribution in [0, 0.1) is 27.2 Å². The van der Waals surface area contributed by atoms with Gasteiger partial charge in [-0.3, -0.25) is 29.8 Å². The molecule has 3 rings (SSSR count). The number of thiophene rings is 1. The molecule has 0 saturated heterocycles. The minimum Gasteiger partial charge on any atom is -0.462 e. The summed E-state index contributed by atoms with van der Waals surface area (Å²) in [4.78, 5) is 59.2. The van der Waals surface area contributed by atoms with Gasteiger partial charge in [0, 0.05) is 17.2 Å². The Balaban J connectivity index is 2.02. The monoisotopic (exact) mass is 566 g/mol. The highest BCUT2D eigenvalue weighted by atomic mass is 35.5. The van der Waals surface area contributed by atoms with E-state index in [-0.39, 0.29) is 38.3 Å². The molecular weight excluding hydrogens is 551 g/mol. The first kappa shape index (κ1) is 27.5. The van der Waals surface area contributed by atoms with E-state index < -0.39 is 44.6 Å². The number of benzene rings is 2. The van der Waals surface area contributed by atoms with Crippen molar-refractivity contribution >= 4 is 74.4 Å². The number of hydrogen-bond donors (Lipinski definition) is 2. The molecule has 0 aliphatic carbocycles. The van der Waals surface area contributed by atoms with Crippen molar-refractivity contribution in [2.24, 2.45) is 0 Å². The SMILES string of the molecule is CCOC(=O)c1c(NC(=O)c2cc([N+](=O)[O-])cc([N+](=O)[O-])c2)sc(C(=O)Nc2cc(Cl)ccc2Cl)c1C. The van der Waals surface area contributed by atoms with Crippen LogP contribution in [0.25, 0.3) is 0 Å². The number of nitro groups is 2. The minimum absolute atomic E-state index is 0.00175. The van der Waals surface area contributed by atoms with Crippen LogP contribution in [0.5, 0.6) is 0 Å². The van der Waals surface area contributed by atoms with E-state index in [0.29, 0.717) is 11.1 Å². The number of esters is 1. The fourth-order valence-corrected chi connectivity index (χ4v) is 4.57. The fourth-order valence-electron chi connectivity index (χ4n) is 3.15. The van der Waals surface area contributed by atoms with Gasteiger partial charge in [0.2, 0.25) is 0 Å². The fraction of sp³-hybridized carbons (Fsp3) is 0.136.